The minimum absolute atomic E-state index is 0.0346. The Balaban J connectivity index is 2.12. The van der Waals surface area contributed by atoms with E-state index in [9.17, 15) is 9.90 Å². The van der Waals surface area contributed by atoms with Crippen LogP contribution in [-0.2, 0) is 0 Å². The highest BCUT2D eigenvalue weighted by Gasteiger charge is 2.48. The summed E-state index contributed by atoms with van der Waals surface area (Å²) >= 11 is 3.39. The van der Waals surface area contributed by atoms with Gasteiger partial charge in [-0.05, 0) is 41.4 Å². The van der Waals surface area contributed by atoms with E-state index in [0.29, 0.717) is 12.0 Å². The standard InChI is InChI=1S/C14H18BrNO2/c1-8-4-5-10(15)9(6-8)13(18)16-11-7-12(17)14(11,2)3/h4-6,11-12,17H,7H2,1-3H3,(H,16,18)/t11-,12-/m0/s1. The molecule has 1 aromatic carbocycles. The lowest BCUT2D eigenvalue weighted by Crippen LogP contribution is -2.61. The second-order valence-corrected chi connectivity index (χ2v) is 6.44. The number of carbonyl (C=O) groups excluding carboxylic acids is 1. The Kier molecular flexibility index (Phi) is 3.52. The summed E-state index contributed by atoms with van der Waals surface area (Å²) < 4.78 is 0.795. The van der Waals surface area contributed by atoms with Crippen LogP contribution in [-0.4, -0.2) is 23.2 Å². The zero-order valence-corrected chi connectivity index (χ0v) is 12.4. The first-order chi connectivity index (χ1) is 8.32. The normalized spacial score (nSPS) is 25.4. The molecule has 1 amide bonds. The Hall–Kier alpha value is -0.870. The molecule has 0 spiro atoms. The van der Waals surface area contributed by atoms with Crippen molar-refractivity contribution in [2.24, 2.45) is 5.41 Å². The summed E-state index contributed by atoms with van der Waals surface area (Å²) in [6, 6.07) is 5.73. The Bertz CT molecular complexity index is 485. The molecule has 2 rings (SSSR count). The maximum absolute atomic E-state index is 12.2. The number of aryl methyl sites for hydroxylation is 1. The van der Waals surface area contributed by atoms with Gasteiger partial charge in [0.2, 0.25) is 0 Å². The van der Waals surface area contributed by atoms with E-state index in [4.69, 9.17) is 0 Å². The number of amides is 1. The molecule has 1 aromatic rings. The van der Waals surface area contributed by atoms with Crippen molar-refractivity contribution in [3.05, 3.63) is 33.8 Å². The van der Waals surface area contributed by atoms with E-state index in [1.165, 1.54) is 0 Å². The Morgan fingerprint density at radius 3 is 2.72 bits per heavy atom. The van der Waals surface area contributed by atoms with E-state index in [-0.39, 0.29) is 23.5 Å². The highest BCUT2D eigenvalue weighted by molar-refractivity contribution is 9.10. The second-order valence-electron chi connectivity index (χ2n) is 5.58. The van der Waals surface area contributed by atoms with Gasteiger partial charge in [-0.2, -0.15) is 0 Å². The first-order valence-corrected chi connectivity index (χ1v) is 6.86. The van der Waals surface area contributed by atoms with Crippen molar-refractivity contribution < 1.29 is 9.90 Å². The Morgan fingerprint density at radius 2 is 2.17 bits per heavy atom. The van der Waals surface area contributed by atoms with Gasteiger partial charge in [0.1, 0.15) is 0 Å². The molecule has 1 aliphatic carbocycles. The van der Waals surface area contributed by atoms with Gasteiger partial charge in [0.05, 0.1) is 11.7 Å². The quantitative estimate of drug-likeness (QED) is 0.882. The topological polar surface area (TPSA) is 49.3 Å². The van der Waals surface area contributed by atoms with Gasteiger partial charge in [0.25, 0.3) is 5.91 Å². The van der Waals surface area contributed by atoms with Crippen LogP contribution in [0, 0.1) is 12.3 Å². The maximum atomic E-state index is 12.2. The van der Waals surface area contributed by atoms with E-state index in [0.717, 1.165) is 10.0 Å². The smallest absolute Gasteiger partial charge is 0.252 e. The molecule has 0 unspecified atom stereocenters. The number of nitrogens with one attached hydrogen (secondary N) is 1. The Labute approximate surface area is 116 Å². The minimum atomic E-state index is -0.330. The second kappa shape index (κ2) is 4.67. The Morgan fingerprint density at radius 1 is 1.50 bits per heavy atom. The SMILES string of the molecule is Cc1ccc(Br)c(C(=O)N[C@H]2C[C@H](O)C2(C)C)c1. The van der Waals surface area contributed by atoms with Crippen LogP contribution in [0.1, 0.15) is 36.2 Å². The fourth-order valence-corrected chi connectivity index (χ4v) is 2.62. The van der Waals surface area contributed by atoms with Gasteiger partial charge in [-0.3, -0.25) is 4.79 Å². The van der Waals surface area contributed by atoms with Crippen LogP contribution in [0.2, 0.25) is 0 Å². The van der Waals surface area contributed by atoms with Gasteiger partial charge in [0, 0.05) is 15.9 Å². The van der Waals surface area contributed by atoms with Gasteiger partial charge in [-0.25, -0.2) is 0 Å². The molecular formula is C14H18BrNO2. The molecular weight excluding hydrogens is 294 g/mol. The average Bonchev–Trinajstić information content (AvgIpc) is 2.31. The predicted octanol–water partition coefficient (Wildman–Crippen LogP) is 2.65. The van der Waals surface area contributed by atoms with Crippen LogP contribution in [0.25, 0.3) is 0 Å². The molecule has 2 atom stereocenters. The molecule has 0 aliphatic heterocycles. The van der Waals surface area contributed by atoms with E-state index in [1.807, 2.05) is 39.0 Å². The third kappa shape index (κ3) is 2.31. The lowest BCUT2D eigenvalue weighted by Gasteiger charge is -2.49. The van der Waals surface area contributed by atoms with Crippen molar-refractivity contribution in [1.29, 1.82) is 0 Å². The highest BCUT2D eigenvalue weighted by atomic mass is 79.9. The molecule has 2 N–H and O–H groups in total. The fourth-order valence-electron chi connectivity index (χ4n) is 2.20. The lowest BCUT2D eigenvalue weighted by molar-refractivity contribution is -0.0689. The van der Waals surface area contributed by atoms with Crippen molar-refractivity contribution in [1.82, 2.24) is 5.32 Å². The van der Waals surface area contributed by atoms with Crippen LogP contribution < -0.4 is 5.32 Å². The van der Waals surface area contributed by atoms with Gasteiger partial charge in [-0.1, -0.05) is 25.5 Å². The summed E-state index contributed by atoms with van der Waals surface area (Å²) in [5, 5.41) is 12.7. The van der Waals surface area contributed by atoms with Crippen molar-refractivity contribution in [2.75, 3.05) is 0 Å². The number of hydrogen-bond acceptors (Lipinski definition) is 2. The summed E-state index contributed by atoms with van der Waals surface area (Å²) in [6.45, 7) is 5.90. The first-order valence-electron chi connectivity index (χ1n) is 6.07. The minimum Gasteiger partial charge on any atom is -0.392 e. The van der Waals surface area contributed by atoms with Gasteiger partial charge < -0.3 is 10.4 Å². The van der Waals surface area contributed by atoms with Crippen molar-refractivity contribution >= 4 is 21.8 Å². The molecule has 1 fully saturated rings. The van der Waals surface area contributed by atoms with Gasteiger partial charge in [-0.15, -0.1) is 0 Å². The molecule has 1 aliphatic rings. The number of benzene rings is 1. The highest BCUT2D eigenvalue weighted by Crippen LogP contribution is 2.40. The molecule has 3 nitrogen and oxygen atoms in total. The summed E-state index contributed by atoms with van der Waals surface area (Å²) in [4.78, 5) is 12.2. The molecule has 4 heteroatoms. The zero-order valence-electron chi connectivity index (χ0n) is 10.8. The largest absolute Gasteiger partial charge is 0.392 e. The molecule has 0 radical (unpaired) electrons. The fraction of sp³-hybridized carbons (Fsp3) is 0.500. The summed E-state index contributed by atoms with van der Waals surface area (Å²) in [7, 11) is 0. The summed E-state index contributed by atoms with van der Waals surface area (Å²) in [5.74, 6) is -0.0875. The first kappa shape index (κ1) is 13.6. The van der Waals surface area contributed by atoms with Crippen LogP contribution in [0.15, 0.2) is 22.7 Å². The van der Waals surface area contributed by atoms with Gasteiger partial charge in [0.15, 0.2) is 0 Å². The van der Waals surface area contributed by atoms with E-state index < -0.39 is 0 Å². The molecule has 98 valence electrons. The molecule has 0 bridgehead atoms. The monoisotopic (exact) mass is 311 g/mol. The third-order valence-electron chi connectivity index (χ3n) is 3.89. The summed E-state index contributed by atoms with van der Waals surface area (Å²) in [5.41, 5.74) is 1.45. The lowest BCUT2D eigenvalue weighted by atomic mass is 9.64. The third-order valence-corrected chi connectivity index (χ3v) is 4.58. The number of halogens is 1. The zero-order chi connectivity index (χ0) is 13.5. The average molecular weight is 312 g/mol. The van der Waals surface area contributed by atoms with E-state index in [1.54, 1.807) is 0 Å². The predicted molar refractivity (Wildman–Crippen MR) is 74.5 cm³/mol. The molecule has 1 saturated carbocycles. The molecule has 18 heavy (non-hydrogen) atoms. The number of aliphatic hydroxyl groups is 1. The van der Waals surface area contributed by atoms with E-state index >= 15 is 0 Å². The van der Waals surface area contributed by atoms with Crippen molar-refractivity contribution in [2.45, 2.75) is 39.3 Å². The number of hydrogen-bond donors (Lipinski definition) is 2. The van der Waals surface area contributed by atoms with E-state index in [2.05, 4.69) is 21.2 Å². The van der Waals surface area contributed by atoms with Crippen molar-refractivity contribution in [3.8, 4) is 0 Å². The van der Waals surface area contributed by atoms with Crippen molar-refractivity contribution in [3.63, 3.8) is 0 Å². The maximum Gasteiger partial charge on any atom is 0.252 e. The molecule has 0 heterocycles. The van der Waals surface area contributed by atoms with Gasteiger partial charge >= 0.3 is 0 Å². The van der Waals surface area contributed by atoms with Crippen LogP contribution in [0.3, 0.4) is 0 Å². The number of carbonyl (C=O) groups is 1. The number of rotatable bonds is 2. The summed E-state index contributed by atoms with van der Waals surface area (Å²) in [6.07, 6.45) is 0.297. The number of aliphatic hydroxyl groups excluding tert-OH is 1. The van der Waals surface area contributed by atoms with Crippen LogP contribution >= 0.6 is 15.9 Å². The van der Waals surface area contributed by atoms with Crippen LogP contribution in [0.4, 0.5) is 0 Å². The molecule has 0 aromatic heterocycles. The molecule has 0 saturated heterocycles. The van der Waals surface area contributed by atoms with Crippen LogP contribution in [0.5, 0.6) is 0 Å².